The van der Waals surface area contributed by atoms with E-state index in [4.69, 9.17) is 4.84 Å². The first-order valence-corrected chi connectivity index (χ1v) is 5.09. The monoisotopic (exact) mass is 171 g/mol. The van der Waals surface area contributed by atoms with E-state index < -0.39 is 0 Å². The standard InChI is InChI=1S/C10H21NO/c1-4-12-11-10-6-8(2)5-9(3)7-10/h8-11H,4-7H2,1-3H3. The van der Waals surface area contributed by atoms with E-state index in [9.17, 15) is 0 Å². The van der Waals surface area contributed by atoms with Crippen LogP contribution in [0, 0.1) is 11.8 Å². The predicted molar refractivity (Wildman–Crippen MR) is 50.7 cm³/mol. The minimum absolute atomic E-state index is 0.587. The molecular weight excluding hydrogens is 150 g/mol. The molecule has 72 valence electrons. The molecule has 1 N–H and O–H groups in total. The fourth-order valence-corrected chi connectivity index (χ4v) is 2.24. The zero-order valence-electron chi connectivity index (χ0n) is 8.47. The fourth-order valence-electron chi connectivity index (χ4n) is 2.24. The molecule has 2 atom stereocenters. The zero-order chi connectivity index (χ0) is 8.97. The molecule has 2 nitrogen and oxygen atoms in total. The molecule has 1 aliphatic carbocycles. The Balaban J connectivity index is 2.24. The van der Waals surface area contributed by atoms with Crippen LogP contribution in [0.15, 0.2) is 0 Å². The third-order valence-corrected chi connectivity index (χ3v) is 2.57. The Labute approximate surface area is 75.6 Å². The summed E-state index contributed by atoms with van der Waals surface area (Å²) >= 11 is 0. The Hall–Kier alpha value is -0.0800. The lowest BCUT2D eigenvalue weighted by Gasteiger charge is -2.31. The van der Waals surface area contributed by atoms with Gasteiger partial charge in [-0.25, -0.2) is 0 Å². The molecule has 0 aliphatic heterocycles. The van der Waals surface area contributed by atoms with Gasteiger partial charge in [0, 0.05) is 6.04 Å². The molecule has 0 heterocycles. The summed E-state index contributed by atoms with van der Waals surface area (Å²) in [5.74, 6) is 1.71. The summed E-state index contributed by atoms with van der Waals surface area (Å²) < 4.78 is 0. The van der Waals surface area contributed by atoms with Gasteiger partial charge in [0.1, 0.15) is 0 Å². The number of hydrogen-bond acceptors (Lipinski definition) is 2. The van der Waals surface area contributed by atoms with Crippen molar-refractivity contribution in [3.63, 3.8) is 0 Å². The van der Waals surface area contributed by atoms with Crippen molar-refractivity contribution in [2.45, 2.75) is 46.1 Å². The van der Waals surface area contributed by atoms with Gasteiger partial charge in [-0.2, -0.15) is 5.48 Å². The van der Waals surface area contributed by atoms with Crippen molar-refractivity contribution >= 4 is 0 Å². The van der Waals surface area contributed by atoms with Crippen molar-refractivity contribution in [3.8, 4) is 0 Å². The van der Waals surface area contributed by atoms with Gasteiger partial charge >= 0.3 is 0 Å². The van der Waals surface area contributed by atoms with E-state index in [1.54, 1.807) is 0 Å². The maximum absolute atomic E-state index is 5.22. The smallest absolute Gasteiger partial charge is 0.0654 e. The van der Waals surface area contributed by atoms with E-state index in [0.717, 1.165) is 18.4 Å². The second-order valence-corrected chi connectivity index (χ2v) is 4.17. The van der Waals surface area contributed by atoms with E-state index >= 15 is 0 Å². The number of nitrogens with one attached hydrogen (secondary N) is 1. The van der Waals surface area contributed by atoms with Gasteiger partial charge < -0.3 is 4.84 Å². The van der Waals surface area contributed by atoms with Crippen LogP contribution >= 0.6 is 0 Å². The highest BCUT2D eigenvalue weighted by molar-refractivity contribution is 4.77. The van der Waals surface area contributed by atoms with E-state index in [2.05, 4.69) is 19.3 Å². The van der Waals surface area contributed by atoms with Crippen molar-refractivity contribution in [1.29, 1.82) is 0 Å². The second kappa shape index (κ2) is 4.83. The maximum atomic E-state index is 5.22. The summed E-state index contributed by atoms with van der Waals surface area (Å²) in [7, 11) is 0. The van der Waals surface area contributed by atoms with Crippen LogP contribution in [0.2, 0.25) is 0 Å². The van der Waals surface area contributed by atoms with Gasteiger partial charge in [0.25, 0.3) is 0 Å². The molecule has 0 aromatic rings. The Morgan fingerprint density at radius 1 is 1.17 bits per heavy atom. The molecule has 0 amide bonds. The van der Waals surface area contributed by atoms with Crippen LogP contribution < -0.4 is 5.48 Å². The van der Waals surface area contributed by atoms with Gasteiger partial charge in [0.2, 0.25) is 0 Å². The normalized spacial score (nSPS) is 36.8. The molecule has 0 saturated heterocycles. The minimum Gasteiger partial charge on any atom is -0.302 e. The van der Waals surface area contributed by atoms with Crippen LogP contribution in [0.25, 0.3) is 0 Å². The van der Waals surface area contributed by atoms with Crippen LogP contribution in [-0.4, -0.2) is 12.6 Å². The van der Waals surface area contributed by atoms with Crippen LogP contribution in [-0.2, 0) is 4.84 Å². The first-order chi connectivity index (χ1) is 5.72. The Morgan fingerprint density at radius 3 is 2.25 bits per heavy atom. The highest BCUT2D eigenvalue weighted by Gasteiger charge is 2.23. The van der Waals surface area contributed by atoms with Gasteiger partial charge in [-0.3, -0.25) is 0 Å². The SMILES string of the molecule is CCONC1CC(C)CC(C)C1. The van der Waals surface area contributed by atoms with Crippen LogP contribution in [0.4, 0.5) is 0 Å². The predicted octanol–water partition coefficient (Wildman–Crippen LogP) is 2.35. The quantitative estimate of drug-likeness (QED) is 0.658. The lowest BCUT2D eigenvalue weighted by atomic mass is 9.81. The van der Waals surface area contributed by atoms with Gasteiger partial charge in [0.15, 0.2) is 0 Å². The molecule has 1 fully saturated rings. The summed E-state index contributed by atoms with van der Waals surface area (Å²) in [6, 6.07) is 0.587. The third-order valence-electron chi connectivity index (χ3n) is 2.57. The highest BCUT2D eigenvalue weighted by atomic mass is 16.6. The van der Waals surface area contributed by atoms with Crippen molar-refractivity contribution in [2.24, 2.45) is 11.8 Å². The second-order valence-electron chi connectivity index (χ2n) is 4.17. The average Bonchev–Trinajstić information content (AvgIpc) is 1.99. The minimum atomic E-state index is 0.587. The molecule has 0 spiro atoms. The van der Waals surface area contributed by atoms with E-state index in [-0.39, 0.29) is 0 Å². The molecule has 0 bridgehead atoms. The molecule has 0 radical (unpaired) electrons. The highest BCUT2D eigenvalue weighted by Crippen LogP contribution is 2.28. The first kappa shape index (κ1) is 10.0. The zero-order valence-corrected chi connectivity index (χ0v) is 8.47. The summed E-state index contributed by atoms with van der Waals surface area (Å²) in [6.07, 6.45) is 3.92. The maximum Gasteiger partial charge on any atom is 0.0654 e. The van der Waals surface area contributed by atoms with Crippen molar-refractivity contribution in [3.05, 3.63) is 0 Å². The van der Waals surface area contributed by atoms with Crippen LogP contribution in [0.1, 0.15) is 40.0 Å². The van der Waals surface area contributed by atoms with Gasteiger partial charge in [0.05, 0.1) is 6.61 Å². The largest absolute Gasteiger partial charge is 0.302 e. The molecule has 2 heteroatoms. The molecule has 12 heavy (non-hydrogen) atoms. The molecule has 1 rings (SSSR count). The summed E-state index contributed by atoms with van der Waals surface area (Å²) in [5, 5.41) is 0. The molecule has 1 saturated carbocycles. The Morgan fingerprint density at radius 2 is 1.75 bits per heavy atom. The third kappa shape index (κ3) is 3.11. The first-order valence-electron chi connectivity index (χ1n) is 5.09. The van der Waals surface area contributed by atoms with Gasteiger partial charge in [-0.05, 0) is 38.0 Å². The summed E-state index contributed by atoms with van der Waals surface area (Å²) in [5.41, 5.74) is 3.13. The van der Waals surface area contributed by atoms with Gasteiger partial charge in [-0.1, -0.05) is 13.8 Å². The molecule has 0 aromatic heterocycles. The van der Waals surface area contributed by atoms with Crippen LogP contribution in [0.3, 0.4) is 0 Å². The lowest BCUT2D eigenvalue weighted by molar-refractivity contribution is 0.00345. The van der Waals surface area contributed by atoms with Crippen molar-refractivity contribution in [2.75, 3.05) is 6.61 Å². The lowest BCUT2D eigenvalue weighted by Crippen LogP contribution is -2.36. The van der Waals surface area contributed by atoms with Crippen LogP contribution in [0.5, 0.6) is 0 Å². The van der Waals surface area contributed by atoms with Crippen molar-refractivity contribution in [1.82, 2.24) is 5.48 Å². The van der Waals surface area contributed by atoms with Crippen molar-refractivity contribution < 1.29 is 4.84 Å². The number of rotatable bonds is 3. The molecule has 1 aliphatic rings. The summed E-state index contributed by atoms with van der Waals surface area (Å²) in [4.78, 5) is 5.22. The Bertz CT molecular complexity index is 117. The number of hydrogen-bond donors (Lipinski definition) is 1. The van der Waals surface area contributed by atoms with E-state index in [1.807, 2.05) is 6.92 Å². The Kier molecular flexibility index (Phi) is 4.02. The van der Waals surface area contributed by atoms with E-state index in [1.165, 1.54) is 19.3 Å². The van der Waals surface area contributed by atoms with E-state index in [0.29, 0.717) is 6.04 Å². The fraction of sp³-hybridized carbons (Fsp3) is 1.00. The number of hydroxylamine groups is 1. The topological polar surface area (TPSA) is 21.3 Å². The molecule has 2 unspecified atom stereocenters. The summed E-state index contributed by atoms with van der Waals surface area (Å²) in [6.45, 7) is 7.44. The van der Waals surface area contributed by atoms with Gasteiger partial charge in [-0.15, -0.1) is 0 Å². The molecule has 0 aromatic carbocycles. The molecular formula is C10H21NO. The average molecular weight is 171 g/mol.